The first-order valence-corrected chi connectivity index (χ1v) is 19.1. The summed E-state index contributed by atoms with van der Waals surface area (Å²) in [6.45, 7) is 17.3. The Kier molecular flexibility index (Phi) is 13.1. The molecule has 51 heavy (non-hydrogen) atoms. The summed E-state index contributed by atoms with van der Waals surface area (Å²) in [6, 6.07) is 22.4. The van der Waals surface area contributed by atoms with Crippen LogP contribution in [-0.4, -0.2) is 35.3 Å². The molecule has 4 aromatic rings. The first kappa shape index (κ1) is 37.3. The number of hydrogen-bond donors (Lipinski definition) is 2. The molecule has 7 nitrogen and oxygen atoms in total. The molecule has 0 saturated heterocycles. The zero-order valence-electron chi connectivity index (χ0n) is 31.7. The van der Waals surface area contributed by atoms with E-state index in [1.54, 1.807) is 0 Å². The zero-order chi connectivity index (χ0) is 35.7. The predicted octanol–water partition coefficient (Wildman–Crippen LogP) is 8.69. The first-order valence-electron chi connectivity index (χ1n) is 19.1. The lowest BCUT2D eigenvalue weighted by Crippen LogP contribution is -2.30. The second kappa shape index (κ2) is 17.8. The van der Waals surface area contributed by atoms with Crippen molar-refractivity contribution in [2.75, 3.05) is 13.2 Å². The van der Waals surface area contributed by atoms with Crippen molar-refractivity contribution in [2.24, 2.45) is 0 Å². The van der Waals surface area contributed by atoms with E-state index >= 15 is 0 Å². The Bertz CT molecular complexity index is 1600. The molecular formula is C44H58N4O3. The molecule has 0 fully saturated rings. The fourth-order valence-corrected chi connectivity index (χ4v) is 8.06. The number of aromatic nitrogens is 2. The van der Waals surface area contributed by atoms with Crippen LogP contribution in [0.1, 0.15) is 133 Å². The van der Waals surface area contributed by atoms with Crippen molar-refractivity contribution in [3.05, 3.63) is 128 Å². The molecule has 7 heteroatoms. The van der Waals surface area contributed by atoms with Crippen LogP contribution in [0.4, 0.5) is 0 Å². The van der Waals surface area contributed by atoms with Gasteiger partial charge in [0.2, 0.25) is 0 Å². The molecule has 6 rings (SSSR count). The molecule has 2 aliphatic rings. The lowest BCUT2D eigenvalue weighted by molar-refractivity contribution is 0.121. The van der Waals surface area contributed by atoms with Crippen molar-refractivity contribution in [1.29, 1.82) is 0 Å². The van der Waals surface area contributed by atoms with Gasteiger partial charge in [0.1, 0.15) is 0 Å². The molecule has 2 N–H and O–H groups in total. The lowest BCUT2D eigenvalue weighted by atomic mass is 9.91. The van der Waals surface area contributed by atoms with Crippen molar-refractivity contribution in [1.82, 2.24) is 20.6 Å². The topological polar surface area (TPSA) is 77.5 Å². The van der Waals surface area contributed by atoms with E-state index in [0.717, 1.165) is 74.5 Å². The molecular weight excluding hydrogens is 633 g/mol. The predicted molar refractivity (Wildman–Crippen MR) is 205 cm³/mol. The summed E-state index contributed by atoms with van der Waals surface area (Å²) < 4.78 is 18.4. The van der Waals surface area contributed by atoms with Crippen molar-refractivity contribution >= 4 is 0 Å². The van der Waals surface area contributed by atoms with Crippen LogP contribution in [0.5, 0.6) is 0 Å². The maximum atomic E-state index is 6.30. The minimum Gasteiger partial charge on any atom is -0.381 e. The molecule has 0 saturated carbocycles. The average molecular weight is 691 g/mol. The smallest absolute Gasteiger partial charge is 0.0743 e. The summed E-state index contributed by atoms with van der Waals surface area (Å²) >= 11 is 0. The Hall–Kier alpha value is -3.46. The number of nitrogens with zero attached hydrogens (tertiary/aromatic N) is 2. The number of hydrogen-bond acceptors (Lipinski definition) is 7. The van der Waals surface area contributed by atoms with Crippen LogP contribution in [0.3, 0.4) is 0 Å². The molecule has 0 radical (unpaired) electrons. The largest absolute Gasteiger partial charge is 0.381 e. The maximum Gasteiger partial charge on any atom is 0.0743 e. The lowest BCUT2D eigenvalue weighted by Gasteiger charge is -2.26. The summed E-state index contributed by atoms with van der Waals surface area (Å²) in [7, 11) is 0. The van der Waals surface area contributed by atoms with Crippen LogP contribution in [0, 0.1) is 13.8 Å². The van der Waals surface area contributed by atoms with Crippen LogP contribution < -0.4 is 10.6 Å². The summed E-state index contributed by atoms with van der Waals surface area (Å²) in [5.74, 6) is 0. The fraction of sp³-hybridized carbons (Fsp3) is 0.500. The zero-order valence-corrected chi connectivity index (χ0v) is 31.7. The van der Waals surface area contributed by atoms with Crippen molar-refractivity contribution in [2.45, 2.75) is 131 Å². The molecule has 272 valence electrons. The van der Waals surface area contributed by atoms with Crippen molar-refractivity contribution in [3.8, 4) is 0 Å². The van der Waals surface area contributed by atoms with E-state index in [9.17, 15) is 0 Å². The Balaban J connectivity index is 1.06. The third-order valence-corrected chi connectivity index (χ3v) is 10.2. The standard InChI is InChI=1S/C44H58N4O3/c1-29(2)45-39(43-31(5)47-41(35-25-50-27-37(35)43)23-33-15-9-7-10-16-33)19-13-21-49-22-14-20-40(46-30(3)4)44-32(6)48-42(36-26-51-28-38(36)44)24-34-17-11-8-12-18-34/h7-12,15-18,29-30,39-40,45-46H,13-14,19-28H2,1-6H3. The highest BCUT2D eigenvalue weighted by molar-refractivity contribution is 5.46. The van der Waals surface area contributed by atoms with Crippen molar-refractivity contribution < 1.29 is 14.2 Å². The minimum absolute atomic E-state index is 0.214. The molecule has 2 aromatic carbocycles. The van der Waals surface area contributed by atoms with Gasteiger partial charge in [0.15, 0.2) is 0 Å². The summed E-state index contributed by atoms with van der Waals surface area (Å²) in [5.41, 5.74) is 15.0. The number of benzene rings is 2. The van der Waals surface area contributed by atoms with Gasteiger partial charge >= 0.3 is 0 Å². The number of ether oxygens (including phenoxy) is 3. The van der Waals surface area contributed by atoms with Gasteiger partial charge in [0.05, 0.1) is 37.8 Å². The van der Waals surface area contributed by atoms with E-state index in [2.05, 4.69) is 113 Å². The van der Waals surface area contributed by atoms with E-state index in [1.165, 1.54) is 44.5 Å². The van der Waals surface area contributed by atoms with Crippen LogP contribution in [0.25, 0.3) is 0 Å². The second-order valence-corrected chi connectivity index (χ2v) is 15.0. The maximum absolute atomic E-state index is 6.30. The van der Waals surface area contributed by atoms with Gasteiger partial charge in [-0.05, 0) is 72.9 Å². The van der Waals surface area contributed by atoms with E-state index < -0.39 is 0 Å². The molecule has 0 bridgehead atoms. The Morgan fingerprint density at radius 1 is 0.588 bits per heavy atom. The monoisotopic (exact) mass is 690 g/mol. The van der Waals surface area contributed by atoms with Gasteiger partial charge in [-0.1, -0.05) is 88.4 Å². The number of aryl methyl sites for hydroxylation is 2. The fourth-order valence-electron chi connectivity index (χ4n) is 8.06. The number of fused-ring (bicyclic) bond motifs is 2. The highest BCUT2D eigenvalue weighted by Crippen LogP contribution is 2.36. The molecule has 2 atom stereocenters. The number of nitrogens with one attached hydrogen (secondary N) is 2. The van der Waals surface area contributed by atoms with Crippen molar-refractivity contribution in [3.63, 3.8) is 0 Å². The molecule has 4 heterocycles. The van der Waals surface area contributed by atoms with Crippen LogP contribution in [0.15, 0.2) is 60.7 Å². The molecule has 2 aromatic heterocycles. The van der Waals surface area contributed by atoms with Gasteiger partial charge in [0, 0.05) is 72.7 Å². The van der Waals surface area contributed by atoms with E-state index in [1.807, 2.05) is 0 Å². The van der Waals surface area contributed by atoms with Gasteiger partial charge in [-0.25, -0.2) is 0 Å². The highest BCUT2D eigenvalue weighted by Gasteiger charge is 2.29. The SMILES string of the molecule is Cc1nc(Cc2ccccc2)c2c(c1C(CCCOCCCC(NC(C)C)c1c(C)nc(Cc3ccccc3)c3c1COC3)NC(C)C)COC2. The summed E-state index contributed by atoms with van der Waals surface area (Å²) in [5, 5.41) is 7.71. The number of pyridine rings is 2. The van der Waals surface area contributed by atoms with E-state index in [0.29, 0.717) is 38.5 Å². The summed E-state index contributed by atoms with van der Waals surface area (Å²) in [4.78, 5) is 10.4. The molecule has 2 aliphatic heterocycles. The Morgan fingerprint density at radius 2 is 0.980 bits per heavy atom. The van der Waals surface area contributed by atoms with Gasteiger partial charge < -0.3 is 24.8 Å². The van der Waals surface area contributed by atoms with Gasteiger partial charge in [-0.15, -0.1) is 0 Å². The third kappa shape index (κ3) is 9.51. The van der Waals surface area contributed by atoms with E-state index in [-0.39, 0.29) is 12.1 Å². The van der Waals surface area contributed by atoms with Gasteiger partial charge in [-0.2, -0.15) is 0 Å². The average Bonchev–Trinajstić information content (AvgIpc) is 3.79. The van der Waals surface area contributed by atoms with Gasteiger partial charge in [-0.3, -0.25) is 9.97 Å². The first-order chi connectivity index (χ1) is 24.8. The Labute approximate surface area is 305 Å². The third-order valence-electron chi connectivity index (χ3n) is 10.2. The molecule has 2 unspecified atom stereocenters. The van der Waals surface area contributed by atoms with Crippen LogP contribution in [-0.2, 0) is 53.5 Å². The Morgan fingerprint density at radius 3 is 1.37 bits per heavy atom. The molecule has 0 aliphatic carbocycles. The second-order valence-electron chi connectivity index (χ2n) is 15.0. The summed E-state index contributed by atoms with van der Waals surface area (Å²) in [6.07, 6.45) is 5.63. The van der Waals surface area contributed by atoms with E-state index in [4.69, 9.17) is 24.2 Å². The minimum atomic E-state index is 0.214. The van der Waals surface area contributed by atoms with Crippen LogP contribution >= 0.6 is 0 Å². The molecule has 0 spiro atoms. The quantitative estimate of drug-likeness (QED) is 0.101. The van der Waals surface area contributed by atoms with Crippen LogP contribution in [0.2, 0.25) is 0 Å². The number of rotatable bonds is 18. The molecule has 0 amide bonds. The van der Waals surface area contributed by atoms with Gasteiger partial charge in [0.25, 0.3) is 0 Å². The highest BCUT2D eigenvalue weighted by atomic mass is 16.5. The normalized spacial score (nSPS) is 15.1.